The van der Waals surface area contributed by atoms with E-state index in [1.165, 1.54) is 12.1 Å². The third-order valence-corrected chi connectivity index (χ3v) is 4.44. The molecule has 0 unspecified atom stereocenters. The fourth-order valence-corrected chi connectivity index (χ4v) is 2.78. The second-order valence-electron chi connectivity index (χ2n) is 4.50. The molecule has 0 spiro atoms. The third kappa shape index (κ3) is 2.64. The van der Waals surface area contributed by atoms with Crippen LogP contribution in [0.4, 0.5) is 0 Å². The molecule has 108 valence electrons. The van der Waals surface area contributed by atoms with Gasteiger partial charge >= 0.3 is 5.69 Å². The topological polar surface area (TPSA) is 86.8 Å². The Kier molecular flexibility index (Phi) is 4.03. The average molecular weight is 296 g/mol. The van der Waals surface area contributed by atoms with E-state index in [2.05, 4.69) is 10.4 Å². The largest absolute Gasteiger partial charge is 0.378 e. The molecule has 0 aliphatic carbocycles. The molecule has 20 heavy (non-hydrogen) atoms. The van der Waals surface area contributed by atoms with Gasteiger partial charge in [-0.3, -0.25) is 0 Å². The Bertz CT molecular complexity index is 744. The molecule has 0 saturated carbocycles. The number of aryl methyl sites for hydroxylation is 2. The lowest BCUT2D eigenvalue weighted by Crippen LogP contribution is -2.30. The van der Waals surface area contributed by atoms with Crippen LogP contribution < -0.4 is 5.69 Å². The van der Waals surface area contributed by atoms with Gasteiger partial charge in [-0.1, -0.05) is 35.1 Å². The summed E-state index contributed by atoms with van der Waals surface area (Å²) in [6.45, 7) is 4.18. The number of hydrogen-bond acceptors (Lipinski definition) is 5. The van der Waals surface area contributed by atoms with Crippen LogP contribution in [0.25, 0.3) is 0 Å². The number of nitrogens with zero attached hydrogens (tertiary/aromatic N) is 4. The normalized spacial score (nSPS) is 11.7. The number of rotatable bonds is 5. The average Bonchev–Trinajstić information content (AvgIpc) is 2.79. The Morgan fingerprint density at radius 1 is 1.15 bits per heavy atom. The van der Waals surface area contributed by atoms with E-state index >= 15 is 0 Å². The highest BCUT2D eigenvalue weighted by Gasteiger charge is 2.22. The van der Waals surface area contributed by atoms with E-state index < -0.39 is 15.7 Å². The molecule has 1 aromatic carbocycles. The van der Waals surface area contributed by atoms with Crippen molar-refractivity contribution in [2.24, 2.45) is 0 Å². The Morgan fingerprint density at radius 2 is 1.80 bits per heavy atom. The van der Waals surface area contributed by atoms with E-state index in [-0.39, 0.29) is 4.90 Å². The van der Waals surface area contributed by atoms with E-state index in [0.717, 1.165) is 23.1 Å². The van der Waals surface area contributed by atoms with E-state index in [1.807, 2.05) is 13.8 Å². The molecule has 1 aromatic heterocycles. The maximum absolute atomic E-state index is 12.3. The van der Waals surface area contributed by atoms with Crippen molar-refractivity contribution < 1.29 is 8.42 Å². The first-order valence-electron chi connectivity index (χ1n) is 6.32. The lowest BCUT2D eigenvalue weighted by atomic mass is 10.2. The zero-order valence-corrected chi connectivity index (χ0v) is 12.2. The van der Waals surface area contributed by atoms with Gasteiger partial charge in [-0.05, 0) is 35.9 Å². The summed E-state index contributed by atoms with van der Waals surface area (Å²) >= 11 is 0. The van der Waals surface area contributed by atoms with Crippen LogP contribution >= 0.6 is 0 Å². The summed E-state index contributed by atoms with van der Waals surface area (Å²) < 4.78 is 26.1. The Balaban J connectivity index is 2.42. The lowest BCUT2D eigenvalue weighted by Gasteiger charge is -2.02. The minimum absolute atomic E-state index is 0.0211. The maximum Gasteiger partial charge on any atom is 0.378 e. The maximum atomic E-state index is 12.3. The van der Waals surface area contributed by atoms with E-state index in [0.29, 0.717) is 10.6 Å². The minimum Gasteiger partial charge on any atom is -0.243 e. The monoisotopic (exact) mass is 296 g/mol. The smallest absolute Gasteiger partial charge is 0.243 e. The molecule has 2 rings (SSSR count). The highest BCUT2D eigenvalue weighted by atomic mass is 32.2. The molecule has 7 nitrogen and oxygen atoms in total. The number of tetrazole rings is 1. The standard InChI is InChI=1S/C12H16N4O3S/c1-3-4-9-15-12(17)16(14-13-15)20(18,19)11-7-5-10(2)6-8-11/h5-8H,3-4,9H2,1-2H3. The highest BCUT2D eigenvalue weighted by molar-refractivity contribution is 7.89. The van der Waals surface area contributed by atoms with Crippen LogP contribution in [0.3, 0.4) is 0 Å². The van der Waals surface area contributed by atoms with Gasteiger partial charge in [-0.25, -0.2) is 4.79 Å². The summed E-state index contributed by atoms with van der Waals surface area (Å²) in [6, 6.07) is 6.23. The quantitative estimate of drug-likeness (QED) is 0.814. The fraction of sp³-hybridized carbons (Fsp3) is 0.417. The van der Waals surface area contributed by atoms with Crippen LogP contribution in [0.2, 0.25) is 0 Å². The van der Waals surface area contributed by atoms with Gasteiger partial charge in [0.15, 0.2) is 0 Å². The molecule has 0 N–H and O–H groups in total. The molecule has 0 fully saturated rings. The Hall–Kier alpha value is -1.96. The van der Waals surface area contributed by atoms with Gasteiger partial charge in [0.25, 0.3) is 10.0 Å². The van der Waals surface area contributed by atoms with Gasteiger partial charge in [0.05, 0.1) is 4.90 Å². The molecule has 0 amide bonds. The SMILES string of the molecule is CCCCn1nnn(S(=O)(=O)c2ccc(C)cc2)c1=O. The molecule has 1 heterocycles. The van der Waals surface area contributed by atoms with Crippen molar-refractivity contribution in [1.82, 2.24) is 19.2 Å². The predicted octanol–water partition coefficient (Wildman–Crippen LogP) is 0.785. The number of aromatic nitrogens is 4. The van der Waals surface area contributed by atoms with Gasteiger partial charge in [-0.2, -0.15) is 13.1 Å². The van der Waals surface area contributed by atoms with Crippen LogP contribution in [-0.2, 0) is 16.6 Å². The molecule has 0 aliphatic rings. The van der Waals surface area contributed by atoms with Crippen molar-refractivity contribution in [1.29, 1.82) is 0 Å². The van der Waals surface area contributed by atoms with Gasteiger partial charge in [0, 0.05) is 6.54 Å². The molecule has 0 aliphatic heterocycles. The van der Waals surface area contributed by atoms with Crippen LogP contribution in [0.5, 0.6) is 0 Å². The van der Waals surface area contributed by atoms with E-state index in [4.69, 9.17) is 0 Å². The first-order valence-corrected chi connectivity index (χ1v) is 7.76. The summed E-state index contributed by atoms with van der Waals surface area (Å²) in [5, 5.41) is 7.07. The van der Waals surface area contributed by atoms with Crippen molar-refractivity contribution >= 4 is 10.0 Å². The van der Waals surface area contributed by atoms with Crippen molar-refractivity contribution in [2.75, 3.05) is 0 Å². The summed E-state index contributed by atoms with van der Waals surface area (Å²) in [5.41, 5.74) is 0.196. The number of hydrogen-bond donors (Lipinski definition) is 0. The van der Waals surface area contributed by atoms with Crippen molar-refractivity contribution in [3.05, 3.63) is 40.3 Å². The van der Waals surface area contributed by atoms with Gasteiger partial charge < -0.3 is 0 Å². The first-order chi connectivity index (χ1) is 9.46. The van der Waals surface area contributed by atoms with E-state index in [1.54, 1.807) is 12.1 Å². The fourth-order valence-electron chi connectivity index (χ4n) is 1.67. The van der Waals surface area contributed by atoms with Crippen molar-refractivity contribution in [2.45, 2.75) is 38.1 Å². The number of unbranched alkanes of at least 4 members (excludes halogenated alkanes) is 1. The Labute approximate surface area is 116 Å². The van der Waals surface area contributed by atoms with Crippen molar-refractivity contribution in [3.8, 4) is 0 Å². The zero-order valence-electron chi connectivity index (χ0n) is 11.4. The third-order valence-electron chi connectivity index (χ3n) is 2.88. The molecule has 0 radical (unpaired) electrons. The summed E-state index contributed by atoms with van der Waals surface area (Å²) in [7, 11) is -3.98. The molecule has 8 heteroatoms. The molecule has 0 atom stereocenters. The lowest BCUT2D eigenvalue weighted by molar-refractivity contribution is 0.540. The first kappa shape index (κ1) is 14.4. The summed E-state index contributed by atoms with van der Waals surface area (Å²) in [4.78, 5) is 12.0. The summed E-state index contributed by atoms with van der Waals surface area (Å²) in [5.74, 6) is 0. The second-order valence-corrected chi connectivity index (χ2v) is 6.27. The molecule has 0 bridgehead atoms. The van der Waals surface area contributed by atoms with Gasteiger partial charge in [-0.15, -0.1) is 0 Å². The predicted molar refractivity (Wildman–Crippen MR) is 73.0 cm³/mol. The van der Waals surface area contributed by atoms with Crippen LogP contribution in [0, 0.1) is 6.92 Å². The summed E-state index contributed by atoms with van der Waals surface area (Å²) in [6.07, 6.45) is 1.62. The van der Waals surface area contributed by atoms with Gasteiger partial charge in [0.2, 0.25) is 0 Å². The van der Waals surface area contributed by atoms with Crippen molar-refractivity contribution in [3.63, 3.8) is 0 Å². The molecule has 2 aromatic rings. The Morgan fingerprint density at radius 3 is 2.40 bits per heavy atom. The minimum atomic E-state index is -3.98. The highest BCUT2D eigenvalue weighted by Crippen LogP contribution is 2.11. The molecule has 0 saturated heterocycles. The number of benzene rings is 1. The van der Waals surface area contributed by atoms with Crippen LogP contribution in [-0.4, -0.2) is 27.6 Å². The molecular formula is C12H16N4O3S. The van der Waals surface area contributed by atoms with Crippen LogP contribution in [0.1, 0.15) is 25.3 Å². The molecular weight excluding hydrogens is 280 g/mol. The second kappa shape index (κ2) is 5.58. The van der Waals surface area contributed by atoms with Gasteiger partial charge in [0.1, 0.15) is 0 Å². The zero-order chi connectivity index (χ0) is 14.8. The van der Waals surface area contributed by atoms with E-state index in [9.17, 15) is 13.2 Å². The van der Waals surface area contributed by atoms with Crippen LogP contribution in [0.15, 0.2) is 34.0 Å².